The van der Waals surface area contributed by atoms with E-state index in [4.69, 9.17) is 0 Å². The van der Waals surface area contributed by atoms with E-state index in [-0.39, 0.29) is 30.5 Å². The molecule has 0 saturated carbocycles. The summed E-state index contributed by atoms with van der Waals surface area (Å²) in [5, 5.41) is 2.67. The van der Waals surface area contributed by atoms with Gasteiger partial charge in [-0.25, -0.2) is 0 Å². The van der Waals surface area contributed by atoms with Crippen molar-refractivity contribution < 1.29 is 26.3 Å². The first-order chi connectivity index (χ1) is 12.1. The molecular weight excluding hydrogens is 489 g/mol. The number of aliphatic imine (C=N–C) groups is 1. The van der Waals surface area contributed by atoms with Crippen LogP contribution in [0.3, 0.4) is 0 Å². The number of nitrogens with one attached hydrogen (secondary N) is 1. The van der Waals surface area contributed by atoms with Gasteiger partial charge >= 0.3 is 12.4 Å². The van der Waals surface area contributed by atoms with Crippen molar-refractivity contribution in [1.82, 2.24) is 10.2 Å². The topological polar surface area (TPSA) is 30.9 Å². The van der Waals surface area contributed by atoms with Gasteiger partial charge in [-0.3, -0.25) is 4.99 Å². The summed E-state index contributed by atoms with van der Waals surface area (Å²) in [6.07, 6.45) is -9.60. The summed E-state index contributed by atoms with van der Waals surface area (Å²) >= 11 is 0. The molecule has 27 heavy (non-hydrogen) atoms. The molecule has 0 bridgehead atoms. The van der Waals surface area contributed by atoms with Gasteiger partial charge in [-0.1, -0.05) is 6.07 Å². The molecule has 1 saturated heterocycles. The zero-order chi connectivity index (χ0) is 19.4. The van der Waals surface area contributed by atoms with Crippen LogP contribution in [0.1, 0.15) is 12.0 Å². The van der Waals surface area contributed by atoms with Gasteiger partial charge in [-0.05, 0) is 18.2 Å². The largest absolute Gasteiger partial charge is 0.416 e. The summed E-state index contributed by atoms with van der Waals surface area (Å²) in [4.78, 5) is 7.58. The first-order valence-electron chi connectivity index (χ1n) is 8.05. The van der Waals surface area contributed by atoms with Crippen molar-refractivity contribution in [1.29, 1.82) is 0 Å². The van der Waals surface area contributed by atoms with E-state index in [0.717, 1.165) is 12.1 Å². The molecule has 154 valence electrons. The highest BCUT2D eigenvalue weighted by Crippen LogP contribution is 2.31. The molecule has 0 aliphatic carbocycles. The Kier molecular flexibility index (Phi) is 8.48. The summed E-state index contributed by atoms with van der Waals surface area (Å²) in [7, 11) is 1.48. The van der Waals surface area contributed by atoms with Crippen LogP contribution in [-0.2, 0) is 6.18 Å². The van der Waals surface area contributed by atoms with Crippen molar-refractivity contribution >= 4 is 35.6 Å². The van der Waals surface area contributed by atoms with Crippen molar-refractivity contribution in [2.24, 2.45) is 4.99 Å². The Labute approximate surface area is 170 Å². The Morgan fingerprint density at radius 3 is 2.22 bits per heavy atom. The third-order valence-electron chi connectivity index (χ3n) is 4.02. The van der Waals surface area contributed by atoms with Crippen LogP contribution in [0.15, 0.2) is 29.3 Å². The SMILES string of the molecule is CN=C(NCCC(F)(F)F)N1CCN(c2cccc(C(F)(F)F)c2)CC1.I. The maximum atomic E-state index is 12.8. The number of nitrogens with zero attached hydrogens (tertiary/aromatic N) is 3. The van der Waals surface area contributed by atoms with Gasteiger partial charge in [0.15, 0.2) is 5.96 Å². The van der Waals surface area contributed by atoms with Crippen molar-refractivity contribution in [3.05, 3.63) is 29.8 Å². The Balaban J connectivity index is 0.00000364. The summed E-state index contributed by atoms with van der Waals surface area (Å²) in [6, 6.07) is 5.10. The van der Waals surface area contributed by atoms with E-state index in [1.54, 1.807) is 11.0 Å². The standard InChI is InChI=1S/C16H20F6N4.HI/c1-23-14(24-6-5-15(17,18)19)26-9-7-25(8-10-26)13-4-2-3-12(11-13)16(20,21)22;/h2-4,11H,5-10H2,1H3,(H,23,24);1H. The molecule has 1 fully saturated rings. The molecule has 1 aromatic rings. The van der Waals surface area contributed by atoms with E-state index in [0.29, 0.717) is 37.8 Å². The first-order valence-corrected chi connectivity index (χ1v) is 8.05. The summed E-state index contributed by atoms with van der Waals surface area (Å²) < 4.78 is 75.1. The Hall–Kier alpha value is -1.40. The molecule has 11 heteroatoms. The predicted molar refractivity (Wildman–Crippen MR) is 103 cm³/mol. The fourth-order valence-corrected chi connectivity index (χ4v) is 2.70. The zero-order valence-corrected chi connectivity index (χ0v) is 16.9. The lowest BCUT2D eigenvalue weighted by Gasteiger charge is -2.37. The lowest BCUT2D eigenvalue weighted by atomic mass is 10.1. The van der Waals surface area contributed by atoms with E-state index < -0.39 is 24.3 Å². The van der Waals surface area contributed by atoms with Crippen LogP contribution < -0.4 is 10.2 Å². The van der Waals surface area contributed by atoms with Crippen LogP contribution >= 0.6 is 24.0 Å². The summed E-state index contributed by atoms with van der Waals surface area (Å²) in [5.41, 5.74) is -0.235. The highest BCUT2D eigenvalue weighted by molar-refractivity contribution is 14.0. The third-order valence-corrected chi connectivity index (χ3v) is 4.02. The second-order valence-corrected chi connectivity index (χ2v) is 5.86. The average Bonchev–Trinajstić information content (AvgIpc) is 2.57. The van der Waals surface area contributed by atoms with Crippen LogP contribution in [0.4, 0.5) is 32.0 Å². The molecule has 1 N–H and O–H groups in total. The van der Waals surface area contributed by atoms with Crippen LogP contribution in [0.25, 0.3) is 0 Å². The minimum Gasteiger partial charge on any atom is -0.368 e. The van der Waals surface area contributed by atoms with E-state index in [1.807, 2.05) is 4.90 Å². The van der Waals surface area contributed by atoms with E-state index in [1.165, 1.54) is 13.1 Å². The zero-order valence-electron chi connectivity index (χ0n) is 14.6. The highest BCUT2D eigenvalue weighted by Gasteiger charge is 2.31. The molecule has 0 unspecified atom stereocenters. The Bertz CT molecular complexity index is 624. The monoisotopic (exact) mass is 510 g/mol. The molecule has 0 aromatic heterocycles. The maximum Gasteiger partial charge on any atom is 0.416 e. The number of halogens is 7. The van der Waals surface area contributed by atoms with Crippen molar-refractivity contribution in [3.63, 3.8) is 0 Å². The van der Waals surface area contributed by atoms with Crippen molar-refractivity contribution in [2.45, 2.75) is 18.8 Å². The van der Waals surface area contributed by atoms with Crippen LogP contribution in [0.5, 0.6) is 0 Å². The van der Waals surface area contributed by atoms with Gasteiger partial charge in [0.05, 0.1) is 12.0 Å². The Morgan fingerprint density at radius 1 is 1.07 bits per heavy atom. The van der Waals surface area contributed by atoms with Crippen LogP contribution in [-0.4, -0.2) is 56.8 Å². The fourth-order valence-electron chi connectivity index (χ4n) is 2.70. The lowest BCUT2D eigenvalue weighted by Crippen LogP contribution is -2.52. The van der Waals surface area contributed by atoms with Crippen molar-refractivity contribution in [2.75, 3.05) is 44.7 Å². The molecule has 1 aliphatic heterocycles. The number of guanidine groups is 1. The van der Waals surface area contributed by atoms with Gasteiger partial charge in [-0.2, -0.15) is 26.3 Å². The average molecular weight is 510 g/mol. The van der Waals surface area contributed by atoms with Gasteiger partial charge in [0.25, 0.3) is 0 Å². The molecule has 0 atom stereocenters. The van der Waals surface area contributed by atoms with Gasteiger partial charge in [0.1, 0.15) is 0 Å². The van der Waals surface area contributed by atoms with E-state index >= 15 is 0 Å². The number of hydrogen-bond donors (Lipinski definition) is 1. The first kappa shape index (κ1) is 23.6. The molecule has 0 radical (unpaired) electrons. The lowest BCUT2D eigenvalue weighted by molar-refractivity contribution is -0.137. The molecule has 0 spiro atoms. The number of anilines is 1. The molecule has 1 aliphatic rings. The minimum absolute atomic E-state index is 0. The number of benzene rings is 1. The predicted octanol–water partition coefficient (Wildman–Crippen LogP) is 3.97. The van der Waals surface area contributed by atoms with Gasteiger partial charge in [0.2, 0.25) is 0 Å². The van der Waals surface area contributed by atoms with Crippen molar-refractivity contribution in [3.8, 4) is 0 Å². The molecular formula is C16H21F6IN4. The van der Waals surface area contributed by atoms with Gasteiger partial charge in [0, 0.05) is 45.5 Å². The Morgan fingerprint density at radius 2 is 1.70 bits per heavy atom. The van der Waals surface area contributed by atoms with Crippen LogP contribution in [0.2, 0.25) is 0 Å². The number of hydrogen-bond acceptors (Lipinski definition) is 2. The molecule has 4 nitrogen and oxygen atoms in total. The molecule has 1 aromatic carbocycles. The number of alkyl halides is 6. The third kappa shape index (κ3) is 7.26. The number of piperazine rings is 1. The smallest absolute Gasteiger partial charge is 0.368 e. The summed E-state index contributed by atoms with van der Waals surface area (Å²) in [5.74, 6) is 0.359. The normalized spacial score (nSPS) is 16.2. The molecule has 0 amide bonds. The van der Waals surface area contributed by atoms with Crippen LogP contribution in [0, 0.1) is 0 Å². The van der Waals surface area contributed by atoms with Gasteiger partial charge in [-0.15, -0.1) is 24.0 Å². The highest BCUT2D eigenvalue weighted by atomic mass is 127. The summed E-state index contributed by atoms with van der Waals surface area (Å²) in [6.45, 7) is 1.51. The quantitative estimate of drug-likeness (QED) is 0.289. The van der Waals surface area contributed by atoms with E-state index in [9.17, 15) is 26.3 Å². The second kappa shape index (κ2) is 9.69. The molecule has 1 heterocycles. The second-order valence-electron chi connectivity index (χ2n) is 5.86. The number of rotatable bonds is 3. The van der Waals surface area contributed by atoms with E-state index in [2.05, 4.69) is 10.3 Å². The minimum atomic E-state index is -4.40. The molecule has 2 rings (SSSR count). The maximum absolute atomic E-state index is 12.8. The van der Waals surface area contributed by atoms with Gasteiger partial charge < -0.3 is 15.1 Å². The fraction of sp³-hybridized carbons (Fsp3) is 0.562.